The summed E-state index contributed by atoms with van der Waals surface area (Å²) < 4.78 is 35.6. The van der Waals surface area contributed by atoms with Crippen molar-refractivity contribution in [3.05, 3.63) is 33.9 Å². The lowest BCUT2D eigenvalue weighted by Gasteiger charge is -2.09. The summed E-state index contributed by atoms with van der Waals surface area (Å²) in [4.78, 5) is 9.90. The number of halogens is 3. The summed E-state index contributed by atoms with van der Waals surface area (Å²) in [6.45, 7) is 0.304. The number of benzene rings is 1. The molecule has 0 amide bonds. The number of hydrogen-bond acceptors (Lipinski definition) is 3. The second-order valence-electron chi connectivity index (χ2n) is 3.23. The summed E-state index contributed by atoms with van der Waals surface area (Å²) in [5, 5.41) is 12.6. The fraction of sp³-hybridized carbons (Fsp3) is 0.333. The van der Waals surface area contributed by atoms with Gasteiger partial charge < -0.3 is 5.32 Å². The van der Waals surface area contributed by atoms with Crippen LogP contribution in [0.25, 0.3) is 0 Å². The van der Waals surface area contributed by atoms with Crippen molar-refractivity contribution in [3.8, 4) is 0 Å². The molecule has 0 atom stereocenters. The zero-order valence-electron chi connectivity index (χ0n) is 8.34. The number of aryl methyl sites for hydroxylation is 1. The molecule has 0 aliphatic carbocycles. The van der Waals surface area contributed by atoms with Crippen molar-refractivity contribution < 1.29 is 18.1 Å². The predicted molar refractivity (Wildman–Crippen MR) is 52.4 cm³/mol. The molecule has 0 unspecified atom stereocenters. The minimum Gasteiger partial charge on any atom is -0.376 e. The fourth-order valence-electron chi connectivity index (χ4n) is 1.12. The van der Waals surface area contributed by atoms with Gasteiger partial charge in [0.25, 0.3) is 5.69 Å². The number of rotatable bonds is 3. The van der Waals surface area contributed by atoms with Gasteiger partial charge in [0.2, 0.25) is 0 Å². The molecule has 1 aromatic rings. The molecule has 1 N–H and O–H groups in total. The topological polar surface area (TPSA) is 55.2 Å². The van der Waals surface area contributed by atoms with Gasteiger partial charge in [0.1, 0.15) is 6.54 Å². The van der Waals surface area contributed by atoms with Crippen LogP contribution in [0.15, 0.2) is 18.2 Å². The molecule has 16 heavy (non-hydrogen) atoms. The maximum absolute atomic E-state index is 11.9. The van der Waals surface area contributed by atoms with Crippen LogP contribution in [-0.4, -0.2) is 17.6 Å². The van der Waals surface area contributed by atoms with Gasteiger partial charge in [0.05, 0.1) is 4.92 Å². The molecule has 4 nitrogen and oxygen atoms in total. The van der Waals surface area contributed by atoms with E-state index in [9.17, 15) is 23.3 Å². The van der Waals surface area contributed by atoms with Gasteiger partial charge in [-0.25, -0.2) is 0 Å². The van der Waals surface area contributed by atoms with E-state index in [2.05, 4.69) is 5.32 Å². The van der Waals surface area contributed by atoms with E-state index >= 15 is 0 Å². The van der Waals surface area contributed by atoms with E-state index in [-0.39, 0.29) is 11.4 Å². The van der Waals surface area contributed by atoms with E-state index in [1.807, 2.05) is 0 Å². The Balaban J connectivity index is 2.83. The van der Waals surface area contributed by atoms with Gasteiger partial charge in [0, 0.05) is 17.3 Å². The van der Waals surface area contributed by atoms with Gasteiger partial charge in [-0.3, -0.25) is 10.1 Å². The van der Waals surface area contributed by atoms with Gasteiger partial charge in [-0.15, -0.1) is 0 Å². The minimum absolute atomic E-state index is 0.0784. The van der Waals surface area contributed by atoms with Crippen LogP contribution in [0.2, 0.25) is 0 Å². The van der Waals surface area contributed by atoms with Crippen LogP contribution in [0.3, 0.4) is 0 Å². The highest BCUT2D eigenvalue weighted by Gasteiger charge is 2.26. The van der Waals surface area contributed by atoms with Crippen LogP contribution in [-0.2, 0) is 0 Å². The first-order chi connectivity index (χ1) is 7.29. The SMILES string of the molecule is Cc1ccc(NCC(F)(F)F)cc1[N+](=O)[O-]. The molecule has 0 heterocycles. The molecule has 1 rings (SSSR count). The number of hydrogen-bond donors (Lipinski definition) is 1. The van der Waals surface area contributed by atoms with Gasteiger partial charge in [-0.1, -0.05) is 6.07 Å². The Bertz CT molecular complexity index is 404. The number of nitro benzene ring substituents is 1. The average molecular weight is 234 g/mol. The van der Waals surface area contributed by atoms with Crippen molar-refractivity contribution in [2.45, 2.75) is 13.1 Å². The summed E-state index contributed by atoms with van der Waals surface area (Å²) in [5.41, 5.74) is 0.282. The lowest BCUT2D eigenvalue weighted by Crippen LogP contribution is -2.21. The van der Waals surface area contributed by atoms with Crippen molar-refractivity contribution in [2.75, 3.05) is 11.9 Å². The highest BCUT2D eigenvalue weighted by Crippen LogP contribution is 2.23. The van der Waals surface area contributed by atoms with Crippen LogP contribution >= 0.6 is 0 Å². The molecule has 88 valence electrons. The molecule has 0 saturated carbocycles. The Morgan fingerprint density at radius 2 is 2.06 bits per heavy atom. The number of nitro groups is 1. The Labute approximate surface area is 89.2 Å². The minimum atomic E-state index is -4.35. The van der Waals surface area contributed by atoms with Crippen LogP contribution in [0, 0.1) is 17.0 Å². The maximum atomic E-state index is 11.9. The highest BCUT2D eigenvalue weighted by molar-refractivity contribution is 5.54. The number of alkyl halides is 3. The van der Waals surface area contributed by atoms with E-state index in [0.29, 0.717) is 5.56 Å². The van der Waals surface area contributed by atoms with Gasteiger partial charge >= 0.3 is 6.18 Å². The lowest BCUT2D eigenvalue weighted by atomic mass is 10.2. The first-order valence-corrected chi connectivity index (χ1v) is 4.35. The smallest absolute Gasteiger partial charge is 0.376 e. The highest BCUT2D eigenvalue weighted by atomic mass is 19.4. The van der Waals surface area contributed by atoms with Gasteiger partial charge in [-0.05, 0) is 13.0 Å². The van der Waals surface area contributed by atoms with Crippen molar-refractivity contribution in [2.24, 2.45) is 0 Å². The number of nitrogens with one attached hydrogen (secondary N) is 1. The zero-order chi connectivity index (χ0) is 12.3. The van der Waals surface area contributed by atoms with E-state index in [0.717, 1.165) is 6.07 Å². The molecule has 0 radical (unpaired) electrons. The predicted octanol–water partition coefficient (Wildman–Crippen LogP) is 2.88. The molecular formula is C9H9F3N2O2. The van der Waals surface area contributed by atoms with E-state index in [1.165, 1.54) is 19.1 Å². The summed E-state index contributed by atoms with van der Waals surface area (Å²) in [6.07, 6.45) is -4.35. The number of nitrogens with zero attached hydrogens (tertiary/aromatic N) is 1. The second kappa shape index (κ2) is 4.38. The van der Waals surface area contributed by atoms with E-state index < -0.39 is 17.6 Å². The molecule has 0 aromatic heterocycles. The largest absolute Gasteiger partial charge is 0.405 e. The molecule has 0 fully saturated rings. The maximum Gasteiger partial charge on any atom is 0.405 e. The standard InChI is InChI=1S/C9H9F3N2O2/c1-6-2-3-7(4-8(6)14(15)16)13-5-9(10,11)12/h2-4,13H,5H2,1H3. The zero-order valence-corrected chi connectivity index (χ0v) is 8.34. The monoisotopic (exact) mass is 234 g/mol. The molecule has 0 aliphatic heterocycles. The van der Waals surface area contributed by atoms with Crippen molar-refractivity contribution >= 4 is 11.4 Å². The van der Waals surface area contributed by atoms with E-state index in [4.69, 9.17) is 0 Å². The third-order valence-corrected chi connectivity index (χ3v) is 1.90. The average Bonchev–Trinajstić information content (AvgIpc) is 2.14. The molecule has 0 aliphatic rings. The van der Waals surface area contributed by atoms with Crippen LogP contribution in [0.5, 0.6) is 0 Å². The quantitative estimate of drug-likeness (QED) is 0.646. The molecule has 0 spiro atoms. The van der Waals surface area contributed by atoms with Crippen molar-refractivity contribution in [1.82, 2.24) is 0 Å². The summed E-state index contributed by atoms with van der Waals surface area (Å²) in [7, 11) is 0. The van der Waals surface area contributed by atoms with Crippen LogP contribution in [0.1, 0.15) is 5.56 Å². The third-order valence-electron chi connectivity index (χ3n) is 1.90. The van der Waals surface area contributed by atoms with E-state index in [1.54, 1.807) is 0 Å². The fourth-order valence-corrected chi connectivity index (χ4v) is 1.12. The summed E-state index contributed by atoms with van der Waals surface area (Å²) >= 11 is 0. The molecule has 0 saturated heterocycles. The van der Waals surface area contributed by atoms with Crippen molar-refractivity contribution in [1.29, 1.82) is 0 Å². The lowest BCUT2D eigenvalue weighted by molar-refractivity contribution is -0.385. The first-order valence-electron chi connectivity index (χ1n) is 4.35. The Morgan fingerprint density at radius 3 is 2.56 bits per heavy atom. The Morgan fingerprint density at radius 1 is 1.44 bits per heavy atom. The van der Waals surface area contributed by atoms with Gasteiger partial charge in [-0.2, -0.15) is 13.2 Å². The van der Waals surface area contributed by atoms with Gasteiger partial charge in [0.15, 0.2) is 0 Å². The molecule has 1 aromatic carbocycles. The third kappa shape index (κ3) is 3.41. The van der Waals surface area contributed by atoms with Crippen molar-refractivity contribution in [3.63, 3.8) is 0 Å². The summed E-state index contributed by atoms with van der Waals surface area (Å²) in [6, 6.07) is 3.85. The Kier molecular flexibility index (Phi) is 3.36. The summed E-state index contributed by atoms with van der Waals surface area (Å²) in [5.74, 6) is 0. The molecular weight excluding hydrogens is 225 g/mol. The molecule has 7 heteroatoms. The number of anilines is 1. The Hall–Kier alpha value is -1.79. The molecule has 0 bridgehead atoms. The second-order valence-corrected chi connectivity index (χ2v) is 3.23. The first kappa shape index (κ1) is 12.3. The normalized spacial score (nSPS) is 11.2. The van der Waals surface area contributed by atoms with Crippen LogP contribution < -0.4 is 5.32 Å². The van der Waals surface area contributed by atoms with Crippen LogP contribution in [0.4, 0.5) is 24.5 Å².